The smallest absolute Gasteiger partial charge is 0.277 e. The Morgan fingerprint density at radius 3 is 2.78 bits per heavy atom. The van der Waals surface area contributed by atoms with E-state index in [0.29, 0.717) is 16.8 Å². The van der Waals surface area contributed by atoms with Crippen molar-refractivity contribution in [3.8, 4) is 0 Å². The van der Waals surface area contributed by atoms with E-state index in [-0.39, 0.29) is 11.6 Å². The lowest BCUT2D eigenvalue weighted by Gasteiger charge is -2.02. The van der Waals surface area contributed by atoms with Crippen LogP contribution in [-0.4, -0.2) is 32.0 Å². The minimum Gasteiger partial charge on any atom is -0.369 e. The van der Waals surface area contributed by atoms with Gasteiger partial charge >= 0.3 is 0 Å². The summed E-state index contributed by atoms with van der Waals surface area (Å²) in [4.78, 5) is 15.8. The van der Waals surface area contributed by atoms with Crippen molar-refractivity contribution < 1.29 is 4.79 Å². The molecular formula is C10H12N6OS. The van der Waals surface area contributed by atoms with Gasteiger partial charge in [-0.1, -0.05) is 0 Å². The molecule has 0 radical (unpaired) electrons. The lowest BCUT2D eigenvalue weighted by Crippen LogP contribution is -2.14. The number of rotatable bonds is 4. The molecule has 1 amide bonds. The summed E-state index contributed by atoms with van der Waals surface area (Å²) in [6.45, 7) is 4.47. The molecule has 0 unspecified atom stereocenters. The van der Waals surface area contributed by atoms with Gasteiger partial charge in [0.15, 0.2) is 5.69 Å². The number of aromatic nitrogens is 4. The van der Waals surface area contributed by atoms with Gasteiger partial charge in [0, 0.05) is 18.1 Å². The molecule has 94 valence electrons. The summed E-state index contributed by atoms with van der Waals surface area (Å²) in [5.74, 6) is 0.923. The predicted octanol–water partition coefficient (Wildman–Crippen LogP) is 1.32. The Balaban J connectivity index is 2.04. The maximum absolute atomic E-state index is 11.8. The van der Waals surface area contributed by atoms with Gasteiger partial charge in [0.05, 0.1) is 0 Å². The molecule has 0 bridgehead atoms. The highest BCUT2D eigenvalue weighted by Crippen LogP contribution is 2.11. The second-order valence-corrected chi connectivity index (χ2v) is 4.19. The molecule has 0 saturated heterocycles. The van der Waals surface area contributed by atoms with Crippen molar-refractivity contribution in [3.63, 3.8) is 0 Å². The minimum atomic E-state index is -0.346. The standard InChI is InChI=1S/C10H12N6OS/c1-3-11-8-5-4-7(14-15-8)9(17)13-10-12-6(2)16-18-10/h4-5H,3H2,1-2H3,(H,11,15)(H,12,13,16,17). The highest BCUT2D eigenvalue weighted by atomic mass is 32.1. The topological polar surface area (TPSA) is 92.7 Å². The van der Waals surface area contributed by atoms with E-state index in [4.69, 9.17) is 0 Å². The molecule has 0 fully saturated rings. The number of aryl methyl sites for hydroxylation is 1. The van der Waals surface area contributed by atoms with Gasteiger partial charge in [-0.15, -0.1) is 10.2 Å². The van der Waals surface area contributed by atoms with Crippen molar-refractivity contribution in [1.29, 1.82) is 0 Å². The van der Waals surface area contributed by atoms with Gasteiger partial charge in [-0.25, -0.2) is 4.98 Å². The fraction of sp³-hybridized carbons (Fsp3) is 0.300. The highest BCUT2D eigenvalue weighted by Gasteiger charge is 2.10. The zero-order valence-electron chi connectivity index (χ0n) is 9.97. The monoisotopic (exact) mass is 264 g/mol. The molecule has 8 heteroatoms. The van der Waals surface area contributed by atoms with Crippen LogP contribution in [0.5, 0.6) is 0 Å². The van der Waals surface area contributed by atoms with E-state index in [1.165, 1.54) is 0 Å². The first kappa shape index (κ1) is 12.4. The van der Waals surface area contributed by atoms with Gasteiger partial charge in [-0.3, -0.25) is 10.1 Å². The second-order valence-electron chi connectivity index (χ2n) is 3.44. The maximum atomic E-state index is 11.8. The lowest BCUT2D eigenvalue weighted by molar-refractivity contribution is 0.102. The van der Waals surface area contributed by atoms with E-state index in [9.17, 15) is 4.79 Å². The number of carbonyl (C=O) groups excluding carboxylic acids is 1. The van der Waals surface area contributed by atoms with Gasteiger partial charge in [-0.05, 0) is 26.0 Å². The van der Waals surface area contributed by atoms with Crippen LogP contribution in [0.2, 0.25) is 0 Å². The number of anilines is 2. The molecule has 0 aromatic carbocycles. The summed E-state index contributed by atoms with van der Waals surface area (Å²) in [7, 11) is 0. The zero-order valence-corrected chi connectivity index (χ0v) is 10.8. The van der Waals surface area contributed by atoms with Crippen LogP contribution in [0.1, 0.15) is 23.2 Å². The first-order valence-electron chi connectivity index (χ1n) is 5.38. The van der Waals surface area contributed by atoms with Crippen LogP contribution in [0, 0.1) is 6.92 Å². The van der Waals surface area contributed by atoms with Gasteiger partial charge in [0.2, 0.25) is 5.13 Å². The Labute approximate surface area is 108 Å². The van der Waals surface area contributed by atoms with Crippen LogP contribution >= 0.6 is 11.5 Å². The number of carbonyl (C=O) groups is 1. The van der Waals surface area contributed by atoms with Crippen molar-refractivity contribution in [1.82, 2.24) is 19.6 Å². The Morgan fingerprint density at radius 2 is 2.22 bits per heavy atom. The fourth-order valence-electron chi connectivity index (χ4n) is 1.24. The van der Waals surface area contributed by atoms with Gasteiger partial charge < -0.3 is 5.32 Å². The third kappa shape index (κ3) is 2.98. The van der Waals surface area contributed by atoms with Gasteiger partial charge in [-0.2, -0.15) is 4.37 Å². The quantitative estimate of drug-likeness (QED) is 0.865. The minimum absolute atomic E-state index is 0.240. The molecular weight excluding hydrogens is 252 g/mol. The summed E-state index contributed by atoms with van der Waals surface area (Å²) < 4.78 is 3.97. The first-order valence-corrected chi connectivity index (χ1v) is 6.15. The van der Waals surface area contributed by atoms with E-state index < -0.39 is 0 Å². The molecule has 2 N–H and O–H groups in total. The molecule has 2 aromatic heterocycles. The first-order chi connectivity index (χ1) is 8.69. The normalized spacial score (nSPS) is 10.1. The van der Waals surface area contributed by atoms with Crippen LogP contribution < -0.4 is 10.6 Å². The van der Waals surface area contributed by atoms with Crippen molar-refractivity contribution in [2.24, 2.45) is 0 Å². The van der Waals surface area contributed by atoms with Crippen molar-refractivity contribution in [2.75, 3.05) is 17.2 Å². The van der Waals surface area contributed by atoms with E-state index in [1.807, 2.05) is 6.92 Å². The second kappa shape index (κ2) is 5.50. The Morgan fingerprint density at radius 1 is 1.39 bits per heavy atom. The summed E-state index contributed by atoms with van der Waals surface area (Å²) in [5.41, 5.74) is 0.240. The number of amides is 1. The third-order valence-electron chi connectivity index (χ3n) is 2.00. The number of nitrogens with zero attached hydrogens (tertiary/aromatic N) is 4. The van der Waals surface area contributed by atoms with Crippen LogP contribution in [0.15, 0.2) is 12.1 Å². The molecule has 18 heavy (non-hydrogen) atoms. The van der Waals surface area contributed by atoms with Crippen LogP contribution in [0.4, 0.5) is 10.9 Å². The van der Waals surface area contributed by atoms with Crippen molar-refractivity contribution in [2.45, 2.75) is 13.8 Å². The largest absolute Gasteiger partial charge is 0.369 e. The molecule has 0 aliphatic carbocycles. The van der Waals surface area contributed by atoms with Gasteiger partial charge in [0.1, 0.15) is 11.6 Å². The number of hydrogen-bond donors (Lipinski definition) is 2. The van der Waals surface area contributed by atoms with Crippen LogP contribution in [0.25, 0.3) is 0 Å². The molecule has 0 atom stereocenters. The average Bonchev–Trinajstić information content (AvgIpc) is 2.76. The fourth-order valence-corrected chi connectivity index (χ4v) is 1.81. The van der Waals surface area contributed by atoms with Crippen molar-refractivity contribution in [3.05, 3.63) is 23.7 Å². The predicted molar refractivity (Wildman–Crippen MR) is 68.8 cm³/mol. The summed E-state index contributed by atoms with van der Waals surface area (Å²) in [6, 6.07) is 3.31. The summed E-state index contributed by atoms with van der Waals surface area (Å²) >= 11 is 1.13. The maximum Gasteiger partial charge on any atom is 0.277 e. The highest BCUT2D eigenvalue weighted by molar-refractivity contribution is 7.09. The van der Waals surface area contributed by atoms with Crippen LogP contribution in [0.3, 0.4) is 0 Å². The molecule has 2 rings (SSSR count). The lowest BCUT2D eigenvalue weighted by atomic mass is 10.3. The van der Waals surface area contributed by atoms with E-state index >= 15 is 0 Å². The SMILES string of the molecule is CCNc1ccc(C(=O)Nc2nc(C)ns2)nn1. The Hall–Kier alpha value is -2.09. The molecule has 2 heterocycles. The summed E-state index contributed by atoms with van der Waals surface area (Å²) in [6.07, 6.45) is 0. The van der Waals surface area contributed by atoms with E-state index in [0.717, 1.165) is 18.1 Å². The third-order valence-corrected chi connectivity index (χ3v) is 2.72. The molecule has 0 aliphatic rings. The molecule has 0 saturated carbocycles. The Bertz CT molecular complexity index is 538. The molecule has 2 aromatic rings. The number of nitrogens with one attached hydrogen (secondary N) is 2. The van der Waals surface area contributed by atoms with Crippen molar-refractivity contribution >= 4 is 28.4 Å². The Kier molecular flexibility index (Phi) is 3.78. The molecule has 0 aliphatic heterocycles. The van der Waals surface area contributed by atoms with Crippen LogP contribution in [-0.2, 0) is 0 Å². The van der Waals surface area contributed by atoms with Gasteiger partial charge in [0.25, 0.3) is 5.91 Å². The molecule has 0 spiro atoms. The van der Waals surface area contributed by atoms with E-state index in [1.54, 1.807) is 19.1 Å². The number of hydrogen-bond acceptors (Lipinski definition) is 7. The average molecular weight is 264 g/mol. The molecule has 7 nitrogen and oxygen atoms in total. The zero-order chi connectivity index (χ0) is 13.0. The van der Waals surface area contributed by atoms with E-state index in [2.05, 4.69) is 30.2 Å². The summed E-state index contributed by atoms with van der Waals surface area (Å²) in [5, 5.41) is 13.8.